The molecule has 25 heavy (non-hydrogen) atoms. The predicted octanol–water partition coefficient (Wildman–Crippen LogP) is 1.66. The normalized spacial score (nSPS) is 26.1. The highest BCUT2D eigenvalue weighted by atomic mass is 16.6. The lowest BCUT2D eigenvalue weighted by molar-refractivity contribution is -0.0454. The van der Waals surface area contributed by atoms with Gasteiger partial charge in [-0.2, -0.15) is 5.10 Å². The third-order valence-electron chi connectivity index (χ3n) is 4.87. The van der Waals surface area contributed by atoms with Gasteiger partial charge in [-0.25, -0.2) is 0 Å². The monoisotopic (exact) mass is 342 g/mol. The minimum Gasteiger partial charge on any atom is -0.486 e. The van der Waals surface area contributed by atoms with Crippen LogP contribution in [0.5, 0.6) is 5.75 Å². The largest absolute Gasteiger partial charge is 0.486 e. The molecule has 0 radical (unpaired) electrons. The van der Waals surface area contributed by atoms with Gasteiger partial charge in [-0.3, -0.25) is 14.5 Å². The Morgan fingerprint density at radius 3 is 3.12 bits per heavy atom. The minimum absolute atomic E-state index is 0.00546. The van der Waals surface area contributed by atoms with Crippen molar-refractivity contribution in [2.24, 2.45) is 7.05 Å². The first-order valence-corrected chi connectivity index (χ1v) is 8.63. The average Bonchev–Trinajstić information content (AvgIpc) is 3.22. The second kappa shape index (κ2) is 6.48. The van der Waals surface area contributed by atoms with E-state index in [4.69, 9.17) is 9.47 Å². The van der Waals surface area contributed by atoms with E-state index in [1.165, 1.54) is 0 Å². The van der Waals surface area contributed by atoms with Gasteiger partial charge in [-0.15, -0.1) is 0 Å². The molecule has 7 heteroatoms. The van der Waals surface area contributed by atoms with Crippen LogP contribution in [0.4, 0.5) is 0 Å². The standard InChI is InChI=1S/C18H22N4O3/c1-21-9-5-16(20-21)17(23)22-8-3-6-18(13-22)10-15(12-24-18)25-14-4-2-7-19-11-14/h2,4-5,7,9,11,15H,3,6,8,10,12-13H2,1H3/t15-,18-/m0/s1. The molecule has 4 rings (SSSR count). The number of nitrogens with zero attached hydrogens (tertiary/aromatic N) is 4. The number of aromatic nitrogens is 3. The molecule has 0 unspecified atom stereocenters. The van der Waals surface area contributed by atoms with Crippen LogP contribution >= 0.6 is 0 Å². The van der Waals surface area contributed by atoms with E-state index in [9.17, 15) is 4.79 Å². The van der Waals surface area contributed by atoms with Crippen molar-refractivity contribution in [2.45, 2.75) is 31.0 Å². The molecule has 2 fully saturated rings. The van der Waals surface area contributed by atoms with E-state index in [1.54, 1.807) is 29.3 Å². The number of rotatable bonds is 3. The molecule has 1 amide bonds. The van der Waals surface area contributed by atoms with Crippen LogP contribution in [0.25, 0.3) is 0 Å². The molecular weight excluding hydrogens is 320 g/mol. The van der Waals surface area contributed by atoms with Gasteiger partial charge in [0.1, 0.15) is 17.5 Å². The molecule has 2 atom stereocenters. The number of carbonyl (C=O) groups excluding carboxylic acids is 1. The van der Waals surface area contributed by atoms with Crippen molar-refractivity contribution in [3.05, 3.63) is 42.5 Å². The molecule has 4 heterocycles. The fourth-order valence-electron chi connectivity index (χ4n) is 3.73. The highest BCUT2D eigenvalue weighted by Crippen LogP contribution is 2.36. The molecule has 7 nitrogen and oxygen atoms in total. The Bertz CT molecular complexity index is 748. The Labute approximate surface area is 146 Å². The Morgan fingerprint density at radius 1 is 1.44 bits per heavy atom. The number of likely N-dealkylation sites (tertiary alicyclic amines) is 1. The van der Waals surface area contributed by atoms with E-state index >= 15 is 0 Å². The van der Waals surface area contributed by atoms with E-state index in [0.29, 0.717) is 18.8 Å². The second-order valence-electron chi connectivity index (χ2n) is 6.83. The first-order chi connectivity index (χ1) is 12.1. The molecule has 2 aliphatic rings. The molecule has 0 aromatic carbocycles. The molecule has 2 aromatic heterocycles. The SMILES string of the molecule is Cn1ccc(C(=O)N2CCC[C@]3(C[C@H](Oc4cccnc4)CO3)C2)n1. The van der Waals surface area contributed by atoms with Crippen molar-refractivity contribution in [1.82, 2.24) is 19.7 Å². The van der Waals surface area contributed by atoms with Crippen molar-refractivity contribution < 1.29 is 14.3 Å². The topological polar surface area (TPSA) is 69.5 Å². The van der Waals surface area contributed by atoms with Crippen molar-refractivity contribution in [1.29, 1.82) is 0 Å². The molecule has 2 saturated heterocycles. The van der Waals surface area contributed by atoms with E-state index in [0.717, 1.165) is 31.6 Å². The third-order valence-corrected chi connectivity index (χ3v) is 4.87. The summed E-state index contributed by atoms with van der Waals surface area (Å²) in [6, 6.07) is 5.51. The molecule has 0 N–H and O–H groups in total. The first kappa shape index (κ1) is 16.1. The van der Waals surface area contributed by atoms with Gasteiger partial charge in [0.15, 0.2) is 0 Å². The van der Waals surface area contributed by atoms with Gasteiger partial charge in [0.25, 0.3) is 5.91 Å². The molecule has 2 aliphatic heterocycles. The zero-order valence-electron chi connectivity index (χ0n) is 14.3. The fraction of sp³-hybridized carbons (Fsp3) is 0.500. The Hall–Kier alpha value is -2.41. The summed E-state index contributed by atoms with van der Waals surface area (Å²) < 4.78 is 13.8. The molecule has 132 valence electrons. The molecule has 0 bridgehead atoms. The summed E-state index contributed by atoms with van der Waals surface area (Å²) in [5.41, 5.74) is 0.177. The van der Waals surface area contributed by atoms with Crippen molar-refractivity contribution >= 4 is 5.91 Å². The summed E-state index contributed by atoms with van der Waals surface area (Å²) in [6.45, 7) is 1.88. The van der Waals surface area contributed by atoms with Gasteiger partial charge in [-0.1, -0.05) is 0 Å². The van der Waals surface area contributed by atoms with Crippen LogP contribution in [0.3, 0.4) is 0 Å². The number of pyridine rings is 1. The highest BCUT2D eigenvalue weighted by molar-refractivity contribution is 5.92. The van der Waals surface area contributed by atoms with Crippen LogP contribution in [0.15, 0.2) is 36.8 Å². The number of aryl methyl sites for hydroxylation is 1. The average molecular weight is 342 g/mol. The van der Waals surface area contributed by atoms with Crippen LogP contribution in [-0.2, 0) is 11.8 Å². The lowest BCUT2D eigenvalue weighted by Gasteiger charge is -2.39. The number of ether oxygens (including phenoxy) is 2. The number of piperidine rings is 1. The maximum atomic E-state index is 12.7. The van der Waals surface area contributed by atoms with Crippen LogP contribution in [0.1, 0.15) is 29.8 Å². The molecular formula is C18H22N4O3. The first-order valence-electron chi connectivity index (χ1n) is 8.63. The van der Waals surface area contributed by atoms with Gasteiger partial charge in [0, 0.05) is 32.4 Å². The summed E-state index contributed by atoms with van der Waals surface area (Å²) >= 11 is 0. The molecule has 0 aliphatic carbocycles. The second-order valence-corrected chi connectivity index (χ2v) is 6.83. The Morgan fingerprint density at radius 2 is 2.36 bits per heavy atom. The number of hydrogen-bond donors (Lipinski definition) is 0. The minimum atomic E-state index is -0.310. The van der Waals surface area contributed by atoms with Crippen LogP contribution in [0.2, 0.25) is 0 Å². The van der Waals surface area contributed by atoms with Gasteiger partial charge in [-0.05, 0) is 31.0 Å². The summed E-state index contributed by atoms with van der Waals surface area (Å²) in [4.78, 5) is 18.6. The number of amides is 1. The predicted molar refractivity (Wildman–Crippen MR) is 90.3 cm³/mol. The van der Waals surface area contributed by atoms with E-state index in [1.807, 2.05) is 24.1 Å². The summed E-state index contributed by atoms with van der Waals surface area (Å²) in [5, 5.41) is 4.22. The lowest BCUT2D eigenvalue weighted by Crippen LogP contribution is -2.50. The van der Waals surface area contributed by atoms with Crippen LogP contribution < -0.4 is 4.74 Å². The number of hydrogen-bond acceptors (Lipinski definition) is 5. The molecule has 0 saturated carbocycles. The van der Waals surface area contributed by atoms with Crippen LogP contribution in [-0.4, -0.2) is 57.0 Å². The smallest absolute Gasteiger partial charge is 0.274 e. The Balaban J connectivity index is 1.41. The summed E-state index contributed by atoms with van der Waals surface area (Å²) in [7, 11) is 1.81. The van der Waals surface area contributed by atoms with Crippen LogP contribution in [0, 0.1) is 0 Å². The van der Waals surface area contributed by atoms with Crippen molar-refractivity contribution in [3.8, 4) is 5.75 Å². The third kappa shape index (κ3) is 3.37. The summed E-state index contributed by atoms with van der Waals surface area (Å²) in [6.07, 6.45) is 7.88. The van der Waals surface area contributed by atoms with Crippen molar-refractivity contribution in [3.63, 3.8) is 0 Å². The zero-order valence-corrected chi connectivity index (χ0v) is 14.3. The quantitative estimate of drug-likeness (QED) is 0.848. The highest BCUT2D eigenvalue weighted by Gasteiger charge is 2.45. The van der Waals surface area contributed by atoms with Gasteiger partial charge in [0.05, 0.1) is 24.9 Å². The fourth-order valence-corrected chi connectivity index (χ4v) is 3.73. The van der Waals surface area contributed by atoms with E-state index in [-0.39, 0.29) is 17.6 Å². The van der Waals surface area contributed by atoms with Gasteiger partial charge < -0.3 is 14.4 Å². The van der Waals surface area contributed by atoms with Gasteiger partial charge >= 0.3 is 0 Å². The summed E-state index contributed by atoms with van der Waals surface area (Å²) in [5.74, 6) is 0.727. The van der Waals surface area contributed by atoms with E-state index < -0.39 is 0 Å². The van der Waals surface area contributed by atoms with E-state index in [2.05, 4.69) is 10.1 Å². The maximum Gasteiger partial charge on any atom is 0.274 e. The number of carbonyl (C=O) groups is 1. The van der Waals surface area contributed by atoms with Crippen molar-refractivity contribution in [2.75, 3.05) is 19.7 Å². The van der Waals surface area contributed by atoms with Gasteiger partial charge in [0.2, 0.25) is 0 Å². The Kier molecular flexibility index (Phi) is 4.17. The molecule has 2 aromatic rings. The maximum absolute atomic E-state index is 12.7. The zero-order chi connectivity index (χ0) is 17.3. The molecule has 1 spiro atoms. The lowest BCUT2D eigenvalue weighted by atomic mass is 9.89.